The molecule has 0 saturated heterocycles. The zero-order chi connectivity index (χ0) is 12.3. The zero-order valence-electron chi connectivity index (χ0n) is 9.37. The molecule has 0 radical (unpaired) electrons. The maximum atomic E-state index is 5.99. The number of aromatic nitrogens is 2. The summed E-state index contributed by atoms with van der Waals surface area (Å²) in [6.45, 7) is 0. The van der Waals surface area contributed by atoms with Crippen LogP contribution in [0.5, 0.6) is 0 Å². The van der Waals surface area contributed by atoms with Crippen LogP contribution >= 0.6 is 23.2 Å². The Balaban J connectivity index is 2.16. The van der Waals surface area contributed by atoms with E-state index in [1.54, 1.807) is 6.20 Å². The Kier molecular flexibility index (Phi) is 4.05. The maximum absolute atomic E-state index is 5.99. The van der Waals surface area contributed by atoms with Gasteiger partial charge in [-0.2, -0.15) is 0 Å². The van der Waals surface area contributed by atoms with Gasteiger partial charge >= 0.3 is 0 Å². The van der Waals surface area contributed by atoms with Crippen LogP contribution in [0.4, 0.5) is 0 Å². The number of imidazole rings is 1. The summed E-state index contributed by atoms with van der Waals surface area (Å²) in [7, 11) is 1.91. The summed E-state index contributed by atoms with van der Waals surface area (Å²) in [6, 6.07) is 5.81. The van der Waals surface area contributed by atoms with E-state index in [1.165, 1.54) is 0 Å². The summed E-state index contributed by atoms with van der Waals surface area (Å²) in [5.74, 6) is 0.915. The summed E-state index contributed by atoms with van der Waals surface area (Å²) < 4.78 is 0. The van der Waals surface area contributed by atoms with E-state index in [2.05, 4.69) is 15.3 Å². The van der Waals surface area contributed by atoms with Gasteiger partial charge < -0.3 is 10.3 Å². The Morgan fingerprint density at radius 1 is 1.35 bits per heavy atom. The van der Waals surface area contributed by atoms with Gasteiger partial charge in [0.05, 0.1) is 16.1 Å². The number of nitrogens with one attached hydrogen (secondary N) is 2. The highest BCUT2D eigenvalue weighted by molar-refractivity contribution is 6.42. The second-order valence-electron chi connectivity index (χ2n) is 3.77. The van der Waals surface area contributed by atoms with Gasteiger partial charge in [0.15, 0.2) is 0 Å². The largest absolute Gasteiger partial charge is 0.347 e. The summed E-state index contributed by atoms with van der Waals surface area (Å²) in [5, 5.41) is 4.38. The third-order valence-corrected chi connectivity index (χ3v) is 3.36. The summed E-state index contributed by atoms with van der Waals surface area (Å²) in [6.07, 6.45) is 4.37. The van der Waals surface area contributed by atoms with Crippen molar-refractivity contribution in [3.8, 4) is 0 Å². The highest BCUT2D eigenvalue weighted by Gasteiger charge is 2.12. The van der Waals surface area contributed by atoms with E-state index in [-0.39, 0.29) is 6.04 Å². The standard InChI is InChI=1S/C12H13Cl2N3/c1-15-11(12-16-4-5-17-12)7-8-2-3-9(13)10(14)6-8/h2-6,11,15H,7H2,1H3,(H,16,17). The van der Waals surface area contributed by atoms with Crippen molar-refractivity contribution in [1.82, 2.24) is 15.3 Å². The average molecular weight is 270 g/mol. The molecule has 2 rings (SSSR count). The minimum atomic E-state index is 0.141. The number of aromatic amines is 1. The minimum Gasteiger partial charge on any atom is -0.347 e. The molecule has 2 aromatic rings. The third-order valence-electron chi connectivity index (χ3n) is 2.62. The lowest BCUT2D eigenvalue weighted by Gasteiger charge is -2.14. The molecule has 0 amide bonds. The number of rotatable bonds is 4. The first-order chi connectivity index (χ1) is 8.20. The van der Waals surface area contributed by atoms with Gasteiger partial charge in [-0.3, -0.25) is 0 Å². The molecule has 2 N–H and O–H groups in total. The molecule has 1 aromatic carbocycles. The molecule has 0 spiro atoms. The lowest BCUT2D eigenvalue weighted by molar-refractivity contribution is 0.563. The van der Waals surface area contributed by atoms with Gasteiger partial charge in [-0.15, -0.1) is 0 Å². The molecule has 1 atom stereocenters. The SMILES string of the molecule is CNC(Cc1ccc(Cl)c(Cl)c1)c1ncc[nH]1. The number of halogens is 2. The van der Waals surface area contributed by atoms with Crippen LogP contribution in [0.25, 0.3) is 0 Å². The van der Waals surface area contributed by atoms with Gasteiger partial charge in [-0.05, 0) is 31.2 Å². The van der Waals surface area contributed by atoms with Crippen LogP contribution < -0.4 is 5.32 Å². The topological polar surface area (TPSA) is 40.7 Å². The van der Waals surface area contributed by atoms with Crippen molar-refractivity contribution in [1.29, 1.82) is 0 Å². The van der Waals surface area contributed by atoms with E-state index < -0.39 is 0 Å². The molecule has 1 unspecified atom stereocenters. The molecule has 3 nitrogen and oxygen atoms in total. The van der Waals surface area contributed by atoms with Crippen LogP contribution in [-0.2, 0) is 6.42 Å². The second-order valence-corrected chi connectivity index (χ2v) is 4.58. The number of H-pyrrole nitrogens is 1. The Morgan fingerprint density at radius 2 is 2.18 bits per heavy atom. The van der Waals surface area contributed by atoms with E-state index >= 15 is 0 Å². The fourth-order valence-corrected chi connectivity index (χ4v) is 2.03. The quantitative estimate of drug-likeness (QED) is 0.895. The molecule has 1 heterocycles. The van der Waals surface area contributed by atoms with Crippen molar-refractivity contribution in [2.45, 2.75) is 12.5 Å². The predicted molar refractivity (Wildman–Crippen MR) is 70.6 cm³/mol. The van der Waals surface area contributed by atoms with E-state index in [0.29, 0.717) is 10.0 Å². The Bertz CT molecular complexity index is 483. The maximum Gasteiger partial charge on any atom is 0.123 e. The number of benzene rings is 1. The molecule has 0 fully saturated rings. The average Bonchev–Trinajstić information content (AvgIpc) is 2.84. The van der Waals surface area contributed by atoms with Gasteiger partial charge in [-0.25, -0.2) is 4.98 Å². The van der Waals surface area contributed by atoms with E-state index in [9.17, 15) is 0 Å². The molecular weight excluding hydrogens is 257 g/mol. The van der Waals surface area contributed by atoms with Crippen LogP contribution in [0.1, 0.15) is 17.4 Å². The van der Waals surface area contributed by atoms with E-state index in [4.69, 9.17) is 23.2 Å². The lowest BCUT2D eigenvalue weighted by Crippen LogP contribution is -2.20. The van der Waals surface area contributed by atoms with Crippen molar-refractivity contribution in [3.05, 3.63) is 52.0 Å². The molecule has 5 heteroatoms. The fraction of sp³-hybridized carbons (Fsp3) is 0.250. The summed E-state index contributed by atoms with van der Waals surface area (Å²) in [4.78, 5) is 7.35. The highest BCUT2D eigenvalue weighted by atomic mass is 35.5. The lowest BCUT2D eigenvalue weighted by atomic mass is 10.1. The number of hydrogen-bond acceptors (Lipinski definition) is 2. The summed E-state index contributed by atoms with van der Waals surface area (Å²) >= 11 is 11.9. The van der Waals surface area contributed by atoms with Crippen molar-refractivity contribution in [2.75, 3.05) is 7.05 Å². The van der Waals surface area contributed by atoms with Crippen molar-refractivity contribution >= 4 is 23.2 Å². The molecule has 0 aliphatic carbocycles. The van der Waals surface area contributed by atoms with Crippen LogP contribution in [0, 0.1) is 0 Å². The van der Waals surface area contributed by atoms with Gasteiger partial charge in [0, 0.05) is 12.4 Å². The van der Waals surface area contributed by atoms with E-state index in [1.807, 2.05) is 31.4 Å². The van der Waals surface area contributed by atoms with Crippen molar-refractivity contribution < 1.29 is 0 Å². The van der Waals surface area contributed by atoms with Crippen LogP contribution in [0.3, 0.4) is 0 Å². The molecule has 0 aliphatic heterocycles. The first-order valence-electron chi connectivity index (χ1n) is 5.31. The van der Waals surface area contributed by atoms with Crippen molar-refractivity contribution in [2.24, 2.45) is 0 Å². The van der Waals surface area contributed by atoms with E-state index in [0.717, 1.165) is 17.8 Å². The first-order valence-corrected chi connectivity index (χ1v) is 6.06. The molecule has 17 heavy (non-hydrogen) atoms. The molecule has 0 saturated carbocycles. The predicted octanol–water partition coefficient (Wildman–Crippen LogP) is 3.22. The molecular formula is C12H13Cl2N3. The zero-order valence-corrected chi connectivity index (χ0v) is 10.9. The van der Waals surface area contributed by atoms with Crippen LogP contribution in [0.2, 0.25) is 10.0 Å². The molecule has 90 valence electrons. The monoisotopic (exact) mass is 269 g/mol. The van der Waals surface area contributed by atoms with Crippen LogP contribution in [-0.4, -0.2) is 17.0 Å². The Labute approximate surface area is 110 Å². The Hall–Kier alpha value is -1.03. The second kappa shape index (κ2) is 5.54. The number of likely N-dealkylation sites (N-methyl/N-ethyl adjacent to an activating group) is 1. The highest BCUT2D eigenvalue weighted by Crippen LogP contribution is 2.24. The smallest absolute Gasteiger partial charge is 0.123 e. The normalized spacial score (nSPS) is 12.6. The number of nitrogens with zero attached hydrogens (tertiary/aromatic N) is 1. The minimum absolute atomic E-state index is 0.141. The summed E-state index contributed by atoms with van der Waals surface area (Å²) in [5.41, 5.74) is 1.12. The van der Waals surface area contributed by atoms with Gasteiger partial charge in [-0.1, -0.05) is 29.3 Å². The Morgan fingerprint density at radius 3 is 2.76 bits per heavy atom. The van der Waals surface area contributed by atoms with Gasteiger partial charge in [0.1, 0.15) is 5.82 Å². The van der Waals surface area contributed by atoms with Gasteiger partial charge in [0.2, 0.25) is 0 Å². The number of hydrogen-bond donors (Lipinski definition) is 2. The molecule has 1 aromatic heterocycles. The first kappa shape index (κ1) is 12.4. The molecule has 0 bridgehead atoms. The molecule has 0 aliphatic rings. The van der Waals surface area contributed by atoms with Crippen molar-refractivity contribution in [3.63, 3.8) is 0 Å². The third kappa shape index (κ3) is 3.00. The van der Waals surface area contributed by atoms with Gasteiger partial charge in [0.25, 0.3) is 0 Å². The fourth-order valence-electron chi connectivity index (χ4n) is 1.71. The van der Waals surface area contributed by atoms with Crippen LogP contribution in [0.15, 0.2) is 30.6 Å².